The van der Waals surface area contributed by atoms with Crippen LogP contribution in [0.4, 0.5) is 4.39 Å². The Morgan fingerprint density at radius 3 is 2.78 bits per heavy atom. The van der Waals surface area contributed by atoms with Crippen LogP contribution >= 0.6 is 33.9 Å². The SMILES string of the molecule is O=C(NCC(c1cccs1)N1CCCC1)c1ccc(F)cc1I. The van der Waals surface area contributed by atoms with Crippen LogP contribution in [-0.4, -0.2) is 30.4 Å². The summed E-state index contributed by atoms with van der Waals surface area (Å²) in [5.74, 6) is -0.463. The van der Waals surface area contributed by atoms with E-state index in [1.165, 1.54) is 29.9 Å². The number of amides is 1. The molecule has 1 atom stereocenters. The van der Waals surface area contributed by atoms with E-state index in [-0.39, 0.29) is 17.8 Å². The summed E-state index contributed by atoms with van der Waals surface area (Å²) < 4.78 is 13.8. The minimum Gasteiger partial charge on any atom is -0.350 e. The number of rotatable bonds is 5. The van der Waals surface area contributed by atoms with Gasteiger partial charge in [-0.25, -0.2) is 4.39 Å². The van der Waals surface area contributed by atoms with E-state index in [0.717, 1.165) is 13.1 Å². The van der Waals surface area contributed by atoms with Crippen molar-refractivity contribution in [1.29, 1.82) is 0 Å². The summed E-state index contributed by atoms with van der Waals surface area (Å²) in [6.45, 7) is 2.73. The van der Waals surface area contributed by atoms with Crippen molar-refractivity contribution in [3.8, 4) is 0 Å². The zero-order valence-electron chi connectivity index (χ0n) is 12.6. The number of thiophene rings is 1. The van der Waals surface area contributed by atoms with Crippen LogP contribution in [0.1, 0.15) is 34.1 Å². The van der Waals surface area contributed by atoms with Crippen LogP contribution in [0.5, 0.6) is 0 Å². The van der Waals surface area contributed by atoms with E-state index in [1.807, 2.05) is 28.7 Å². The zero-order valence-corrected chi connectivity index (χ0v) is 15.6. The smallest absolute Gasteiger partial charge is 0.252 e. The van der Waals surface area contributed by atoms with Gasteiger partial charge < -0.3 is 5.32 Å². The predicted octanol–water partition coefficient (Wildman–Crippen LogP) is 4.06. The fraction of sp³-hybridized carbons (Fsp3) is 0.353. The Labute approximate surface area is 153 Å². The highest BCUT2D eigenvalue weighted by Crippen LogP contribution is 2.28. The Morgan fingerprint density at radius 2 is 2.13 bits per heavy atom. The Hall–Kier alpha value is -0.990. The third-order valence-electron chi connectivity index (χ3n) is 4.08. The summed E-state index contributed by atoms with van der Waals surface area (Å²) in [6, 6.07) is 8.65. The van der Waals surface area contributed by atoms with Gasteiger partial charge in [0.1, 0.15) is 5.82 Å². The highest BCUT2D eigenvalue weighted by molar-refractivity contribution is 14.1. The van der Waals surface area contributed by atoms with Crippen molar-refractivity contribution in [3.05, 3.63) is 55.5 Å². The fourth-order valence-corrected chi connectivity index (χ4v) is 4.49. The van der Waals surface area contributed by atoms with Gasteiger partial charge in [-0.05, 0) is 78.2 Å². The van der Waals surface area contributed by atoms with Crippen LogP contribution in [0.15, 0.2) is 35.7 Å². The van der Waals surface area contributed by atoms with Crippen molar-refractivity contribution in [3.63, 3.8) is 0 Å². The van der Waals surface area contributed by atoms with Crippen LogP contribution < -0.4 is 5.32 Å². The number of hydrogen-bond acceptors (Lipinski definition) is 3. The van der Waals surface area contributed by atoms with Crippen molar-refractivity contribution in [2.45, 2.75) is 18.9 Å². The van der Waals surface area contributed by atoms with Crippen LogP contribution in [0.2, 0.25) is 0 Å². The van der Waals surface area contributed by atoms with Crippen LogP contribution in [-0.2, 0) is 0 Å². The number of carbonyl (C=O) groups is 1. The van der Waals surface area contributed by atoms with Crippen molar-refractivity contribution in [2.75, 3.05) is 19.6 Å². The number of halogens is 2. The molecule has 3 rings (SSSR count). The lowest BCUT2D eigenvalue weighted by atomic mass is 10.1. The average Bonchev–Trinajstić information content (AvgIpc) is 3.21. The molecule has 23 heavy (non-hydrogen) atoms. The number of hydrogen-bond donors (Lipinski definition) is 1. The van der Waals surface area contributed by atoms with Gasteiger partial charge in [-0.1, -0.05) is 6.07 Å². The Balaban J connectivity index is 1.69. The molecule has 1 aliphatic heterocycles. The molecule has 1 aliphatic rings. The van der Waals surface area contributed by atoms with Gasteiger partial charge in [-0.3, -0.25) is 9.69 Å². The number of carbonyl (C=O) groups excluding carboxylic acids is 1. The molecule has 0 bridgehead atoms. The average molecular weight is 444 g/mol. The molecule has 0 aliphatic carbocycles. The minimum atomic E-state index is -0.320. The number of likely N-dealkylation sites (tertiary alicyclic amines) is 1. The summed E-state index contributed by atoms with van der Waals surface area (Å²) in [7, 11) is 0. The molecule has 1 aromatic carbocycles. The molecule has 1 aromatic heterocycles. The van der Waals surface area contributed by atoms with Crippen molar-refractivity contribution in [1.82, 2.24) is 10.2 Å². The van der Waals surface area contributed by atoms with Crippen molar-refractivity contribution < 1.29 is 9.18 Å². The molecule has 122 valence electrons. The highest BCUT2D eigenvalue weighted by Gasteiger charge is 2.25. The molecular weight excluding hydrogens is 426 g/mol. The van der Waals surface area contributed by atoms with E-state index >= 15 is 0 Å². The van der Waals surface area contributed by atoms with Gasteiger partial charge in [-0.2, -0.15) is 0 Å². The standard InChI is InChI=1S/C17H18FIN2OS/c18-12-5-6-13(14(19)10-12)17(22)20-11-15(16-4-3-9-23-16)21-7-1-2-8-21/h3-6,9-10,15H,1-2,7-8,11H2,(H,20,22). The first-order chi connectivity index (χ1) is 11.1. The van der Waals surface area contributed by atoms with Crippen molar-refractivity contribution >= 4 is 39.8 Å². The molecule has 2 aromatic rings. The molecule has 1 fully saturated rings. The van der Waals surface area contributed by atoms with Crippen LogP contribution in [0.3, 0.4) is 0 Å². The first kappa shape index (κ1) is 16.9. The lowest BCUT2D eigenvalue weighted by molar-refractivity contribution is 0.0937. The molecule has 1 unspecified atom stereocenters. The van der Waals surface area contributed by atoms with E-state index in [9.17, 15) is 9.18 Å². The summed E-state index contributed by atoms with van der Waals surface area (Å²) in [6.07, 6.45) is 2.43. The molecule has 0 saturated carbocycles. The molecular formula is C17H18FIN2OS. The second kappa shape index (κ2) is 7.72. The van der Waals surface area contributed by atoms with E-state index in [2.05, 4.69) is 21.7 Å². The zero-order chi connectivity index (χ0) is 16.2. The van der Waals surface area contributed by atoms with Gasteiger partial charge in [0.15, 0.2) is 0 Å². The first-order valence-electron chi connectivity index (χ1n) is 7.66. The highest BCUT2D eigenvalue weighted by atomic mass is 127. The molecule has 1 N–H and O–H groups in total. The van der Waals surface area contributed by atoms with Gasteiger partial charge in [-0.15, -0.1) is 11.3 Å². The Bertz CT molecular complexity index is 671. The lowest BCUT2D eigenvalue weighted by Crippen LogP contribution is -2.36. The van der Waals surface area contributed by atoms with Gasteiger partial charge >= 0.3 is 0 Å². The topological polar surface area (TPSA) is 32.3 Å². The van der Waals surface area contributed by atoms with Crippen molar-refractivity contribution in [2.24, 2.45) is 0 Å². The van der Waals surface area contributed by atoms with E-state index in [4.69, 9.17) is 0 Å². The summed E-state index contributed by atoms with van der Waals surface area (Å²) in [4.78, 5) is 16.1. The molecule has 6 heteroatoms. The predicted molar refractivity (Wildman–Crippen MR) is 99.3 cm³/mol. The Morgan fingerprint density at radius 1 is 1.35 bits per heavy atom. The maximum Gasteiger partial charge on any atom is 0.252 e. The first-order valence-corrected chi connectivity index (χ1v) is 9.61. The third-order valence-corrected chi connectivity index (χ3v) is 5.95. The third kappa shape index (κ3) is 4.10. The molecule has 2 heterocycles. The number of nitrogens with one attached hydrogen (secondary N) is 1. The summed E-state index contributed by atoms with van der Waals surface area (Å²) in [5, 5.41) is 5.10. The second-order valence-corrected chi connectivity index (χ2v) is 7.75. The monoisotopic (exact) mass is 444 g/mol. The summed E-state index contributed by atoms with van der Waals surface area (Å²) >= 11 is 3.72. The molecule has 0 radical (unpaired) electrons. The van der Waals surface area contributed by atoms with Gasteiger partial charge in [0.25, 0.3) is 5.91 Å². The van der Waals surface area contributed by atoms with Gasteiger partial charge in [0.2, 0.25) is 0 Å². The molecule has 1 saturated heterocycles. The second-order valence-electron chi connectivity index (χ2n) is 5.61. The number of benzene rings is 1. The minimum absolute atomic E-state index is 0.143. The molecule has 1 amide bonds. The van der Waals surface area contributed by atoms with Crippen LogP contribution in [0.25, 0.3) is 0 Å². The quantitative estimate of drug-likeness (QED) is 0.706. The molecule has 0 spiro atoms. The van der Waals surface area contributed by atoms with E-state index in [1.54, 1.807) is 17.4 Å². The fourth-order valence-electron chi connectivity index (χ4n) is 2.90. The summed E-state index contributed by atoms with van der Waals surface area (Å²) in [5.41, 5.74) is 0.526. The lowest BCUT2D eigenvalue weighted by Gasteiger charge is -2.27. The molecule has 3 nitrogen and oxygen atoms in total. The van der Waals surface area contributed by atoms with E-state index < -0.39 is 0 Å². The maximum absolute atomic E-state index is 13.2. The van der Waals surface area contributed by atoms with Gasteiger partial charge in [0, 0.05) is 15.0 Å². The largest absolute Gasteiger partial charge is 0.350 e. The van der Waals surface area contributed by atoms with E-state index in [0.29, 0.717) is 15.7 Å². The normalized spacial score (nSPS) is 16.4. The van der Waals surface area contributed by atoms with Crippen LogP contribution in [0, 0.1) is 9.39 Å². The number of nitrogens with zero attached hydrogens (tertiary/aromatic N) is 1. The Kier molecular flexibility index (Phi) is 5.66. The van der Waals surface area contributed by atoms with Gasteiger partial charge in [0.05, 0.1) is 11.6 Å². The maximum atomic E-state index is 13.2.